The minimum atomic E-state index is 0.946. The van der Waals surface area contributed by atoms with Crippen molar-refractivity contribution >= 4 is 12.7 Å². The first-order chi connectivity index (χ1) is 7.83. The Morgan fingerprint density at radius 1 is 1.31 bits per heavy atom. The second-order valence-corrected chi connectivity index (χ2v) is 3.59. The van der Waals surface area contributed by atoms with E-state index in [1.165, 1.54) is 16.5 Å². The molecule has 0 saturated carbocycles. The van der Waals surface area contributed by atoms with Gasteiger partial charge >= 0.3 is 0 Å². The highest BCUT2D eigenvalue weighted by atomic mass is 14.9. The van der Waals surface area contributed by atoms with Crippen molar-refractivity contribution in [1.82, 2.24) is 10.3 Å². The van der Waals surface area contributed by atoms with Crippen LogP contribution in [-0.4, -0.2) is 11.5 Å². The van der Waals surface area contributed by atoms with Gasteiger partial charge in [0.05, 0.1) is 0 Å². The topological polar surface area (TPSA) is 27.8 Å². The minimum Gasteiger partial charge on any atom is -0.357 e. The molecule has 1 aliphatic heterocycles. The van der Waals surface area contributed by atoms with E-state index < -0.39 is 0 Å². The maximum atomic E-state index is 4.12. The molecule has 0 atom stereocenters. The molecule has 1 aromatic rings. The molecular formula is C14H22N2. The van der Waals surface area contributed by atoms with Crippen LogP contribution in [0.4, 0.5) is 0 Å². The Morgan fingerprint density at radius 2 is 2.06 bits per heavy atom. The van der Waals surface area contributed by atoms with Crippen molar-refractivity contribution in [2.24, 2.45) is 0 Å². The molecule has 0 saturated heterocycles. The molecule has 0 unspecified atom stereocenters. The molecule has 2 heterocycles. The molecule has 88 valence electrons. The van der Waals surface area contributed by atoms with Crippen molar-refractivity contribution in [2.45, 2.75) is 33.7 Å². The van der Waals surface area contributed by atoms with Gasteiger partial charge in [-0.05, 0) is 36.7 Å². The van der Waals surface area contributed by atoms with Crippen molar-refractivity contribution < 1.29 is 0 Å². The summed E-state index contributed by atoms with van der Waals surface area (Å²) in [5, 5.41) is 5.66. The highest BCUT2D eigenvalue weighted by molar-refractivity contribution is 5.39. The lowest BCUT2D eigenvalue weighted by Gasteiger charge is -2.11. The summed E-state index contributed by atoms with van der Waals surface area (Å²) in [5.74, 6) is 0. The second-order valence-electron chi connectivity index (χ2n) is 3.59. The zero-order valence-corrected chi connectivity index (χ0v) is 10.6. The summed E-state index contributed by atoms with van der Waals surface area (Å²) in [6.07, 6.45) is 7.24. The Bertz CT molecular complexity index is 452. The van der Waals surface area contributed by atoms with Crippen LogP contribution in [0.2, 0.25) is 0 Å². The number of hydrogen-bond donors (Lipinski definition) is 2. The van der Waals surface area contributed by atoms with Crippen LogP contribution in [0.5, 0.6) is 0 Å². The molecule has 0 radical (unpaired) electrons. The van der Waals surface area contributed by atoms with Crippen molar-refractivity contribution in [3.63, 3.8) is 0 Å². The Kier molecular flexibility index (Phi) is 5.06. The quantitative estimate of drug-likeness (QED) is 0.734. The zero-order valence-electron chi connectivity index (χ0n) is 10.6. The van der Waals surface area contributed by atoms with Gasteiger partial charge < -0.3 is 10.3 Å². The van der Waals surface area contributed by atoms with Crippen LogP contribution in [0.25, 0.3) is 12.7 Å². The lowest BCUT2D eigenvalue weighted by atomic mass is 10.1. The fraction of sp³-hybridized carbons (Fsp3) is 0.429. The molecule has 0 fully saturated rings. The van der Waals surface area contributed by atoms with Crippen LogP contribution < -0.4 is 15.9 Å². The molecule has 0 amide bonds. The first-order valence-corrected chi connectivity index (χ1v) is 6.05. The molecular weight excluding hydrogens is 196 g/mol. The Morgan fingerprint density at radius 3 is 2.69 bits per heavy atom. The SMILES string of the molecule is C=c1c2c([nH]/c1=C/C=C\C)CNCC2.CC. The molecule has 1 aromatic heterocycles. The van der Waals surface area contributed by atoms with Gasteiger partial charge in [-0.25, -0.2) is 0 Å². The first kappa shape index (κ1) is 12.8. The fourth-order valence-corrected chi connectivity index (χ4v) is 1.87. The molecule has 2 heteroatoms. The van der Waals surface area contributed by atoms with E-state index in [2.05, 4.69) is 23.0 Å². The molecule has 0 spiro atoms. The van der Waals surface area contributed by atoms with Crippen molar-refractivity contribution in [3.8, 4) is 0 Å². The Labute approximate surface area is 97.8 Å². The third-order valence-corrected chi connectivity index (χ3v) is 2.65. The van der Waals surface area contributed by atoms with Gasteiger partial charge in [0.1, 0.15) is 0 Å². The number of nitrogens with one attached hydrogen (secondary N) is 2. The summed E-state index contributed by atoms with van der Waals surface area (Å²) in [6.45, 7) is 12.2. The number of hydrogen-bond acceptors (Lipinski definition) is 1. The normalized spacial score (nSPS) is 15.8. The largest absolute Gasteiger partial charge is 0.357 e. The maximum absolute atomic E-state index is 4.12. The number of aromatic nitrogens is 1. The predicted octanol–water partition coefficient (Wildman–Crippen LogP) is 1.45. The third kappa shape index (κ3) is 2.64. The number of aromatic amines is 1. The molecule has 1 aliphatic rings. The highest BCUT2D eigenvalue weighted by Gasteiger charge is 2.10. The van der Waals surface area contributed by atoms with E-state index in [1.807, 2.05) is 32.9 Å². The maximum Gasteiger partial charge on any atom is 0.0453 e. The molecule has 0 aromatic carbocycles. The number of fused-ring (bicyclic) bond motifs is 1. The highest BCUT2D eigenvalue weighted by Crippen LogP contribution is 2.03. The summed E-state index contributed by atoms with van der Waals surface area (Å²) in [6, 6.07) is 0. The van der Waals surface area contributed by atoms with Gasteiger partial charge in [0.25, 0.3) is 0 Å². The summed E-state index contributed by atoms with van der Waals surface area (Å²) >= 11 is 0. The lowest BCUT2D eigenvalue weighted by molar-refractivity contribution is 0.633. The fourth-order valence-electron chi connectivity index (χ4n) is 1.87. The molecule has 2 rings (SSSR count). The number of H-pyrrole nitrogens is 1. The molecule has 2 nitrogen and oxygen atoms in total. The summed E-state index contributed by atoms with van der Waals surface area (Å²) < 4.78 is 0. The molecule has 2 N–H and O–H groups in total. The first-order valence-electron chi connectivity index (χ1n) is 6.05. The van der Waals surface area contributed by atoms with Crippen LogP contribution in [-0.2, 0) is 13.0 Å². The standard InChI is InChI=1S/C12H16N2.C2H6/c1-3-4-5-11-9(2)10-6-7-13-8-12(10)14-11;1-2/h3-5,13-14H,2,6-8H2,1H3;1-2H3/b4-3-,11-5+;. The minimum absolute atomic E-state index is 0.946. The summed E-state index contributed by atoms with van der Waals surface area (Å²) in [5.41, 5.74) is 2.71. The van der Waals surface area contributed by atoms with Gasteiger partial charge in [-0.15, -0.1) is 0 Å². The second kappa shape index (κ2) is 6.33. The van der Waals surface area contributed by atoms with E-state index in [-0.39, 0.29) is 0 Å². The number of rotatable bonds is 1. The summed E-state index contributed by atoms with van der Waals surface area (Å²) in [7, 11) is 0. The van der Waals surface area contributed by atoms with Crippen molar-refractivity contribution in [1.29, 1.82) is 0 Å². The Hall–Kier alpha value is -1.28. The number of allylic oxidation sites excluding steroid dienone is 2. The molecule has 0 aliphatic carbocycles. The Balaban J connectivity index is 0.000000606. The third-order valence-electron chi connectivity index (χ3n) is 2.65. The van der Waals surface area contributed by atoms with Crippen LogP contribution in [0, 0.1) is 0 Å². The van der Waals surface area contributed by atoms with E-state index in [1.54, 1.807) is 0 Å². The van der Waals surface area contributed by atoms with Crippen LogP contribution >= 0.6 is 0 Å². The average Bonchev–Trinajstić information content (AvgIpc) is 2.67. The van der Waals surface area contributed by atoms with Gasteiger partial charge in [-0.1, -0.05) is 32.6 Å². The van der Waals surface area contributed by atoms with E-state index in [4.69, 9.17) is 0 Å². The monoisotopic (exact) mass is 218 g/mol. The van der Waals surface area contributed by atoms with Crippen molar-refractivity contribution in [3.05, 3.63) is 34.0 Å². The predicted molar refractivity (Wildman–Crippen MR) is 71.6 cm³/mol. The van der Waals surface area contributed by atoms with Crippen LogP contribution in [0.3, 0.4) is 0 Å². The van der Waals surface area contributed by atoms with E-state index in [9.17, 15) is 0 Å². The zero-order chi connectivity index (χ0) is 12.0. The lowest BCUT2D eigenvalue weighted by Crippen LogP contribution is -2.27. The van der Waals surface area contributed by atoms with Gasteiger partial charge in [0, 0.05) is 17.6 Å². The molecule has 0 bridgehead atoms. The van der Waals surface area contributed by atoms with Crippen molar-refractivity contribution in [2.75, 3.05) is 6.54 Å². The average molecular weight is 218 g/mol. The smallest absolute Gasteiger partial charge is 0.0453 e. The van der Waals surface area contributed by atoms with Gasteiger partial charge in [0.15, 0.2) is 0 Å². The van der Waals surface area contributed by atoms with Gasteiger partial charge in [0.2, 0.25) is 0 Å². The van der Waals surface area contributed by atoms with Crippen LogP contribution in [0.15, 0.2) is 12.2 Å². The molecule has 16 heavy (non-hydrogen) atoms. The van der Waals surface area contributed by atoms with Crippen LogP contribution in [0.1, 0.15) is 32.0 Å². The van der Waals surface area contributed by atoms with Gasteiger partial charge in [-0.2, -0.15) is 0 Å². The van der Waals surface area contributed by atoms with E-state index in [0.29, 0.717) is 0 Å². The van der Waals surface area contributed by atoms with E-state index in [0.717, 1.165) is 24.9 Å². The van der Waals surface area contributed by atoms with E-state index >= 15 is 0 Å². The van der Waals surface area contributed by atoms with Gasteiger partial charge in [-0.3, -0.25) is 0 Å². The summed E-state index contributed by atoms with van der Waals surface area (Å²) in [4.78, 5) is 3.40.